The Morgan fingerprint density at radius 1 is 1.06 bits per heavy atom. The molecule has 8 nitrogen and oxygen atoms in total. The van der Waals surface area contributed by atoms with Gasteiger partial charge in [-0.15, -0.1) is 0 Å². The van der Waals surface area contributed by atoms with E-state index in [0.29, 0.717) is 11.3 Å². The summed E-state index contributed by atoms with van der Waals surface area (Å²) in [6, 6.07) is 16.6. The number of aromatic amines is 1. The van der Waals surface area contributed by atoms with Crippen LogP contribution in [0.1, 0.15) is 17.0 Å². The molecule has 0 aliphatic heterocycles. The lowest BCUT2D eigenvalue weighted by Gasteiger charge is -2.27. The van der Waals surface area contributed by atoms with Crippen molar-refractivity contribution in [2.24, 2.45) is 0 Å². The van der Waals surface area contributed by atoms with Crippen LogP contribution in [-0.2, 0) is 10.4 Å². The largest absolute Gasteiger partial charge is 0.369 e. The molecule has 0 radical (unpaired) electrons. The van der Waals surface area contributed by atoms with Gasteiger partial charge in [-0.05, 0) is 24.6 Å². The molecule has 162 valence electrons. The summed E-state index contributed by atoms with van der Waals surface area (Å²) in [7, 11) is 0. The smallest absolute Gasteiger partial charge is 0.269 e. The summed E-state index contributed by atoms with van der Waals surface area (Å²) in [5.41, 5.74) is 1.96. The minimum Gasteiger partial charge on any atom is -0.369 e. The van der Waals surface area contributed by atoms with E-state index in [9.17, 15) is 9.90 Å². The number of benzene rings is 2. The molecule has 1 atom stereocenters. The first-order valence-corrected chi connectivity index (χ1v) is 10.3. The molecule has 0 unspecified atom stereocenters. The minimum absolute atomic E-state index is 0.128. The third-order valence-electron chi connectivity index (χ3n) is 5.56. The third kappa shape index (κ3) is 3.62. The number of hydrogen-bond donors (Lipinski definition) is 3. The van der Waals surface area contributed by atoms with Crippen LogP contribution in [0.4, 0.5) is 5.69 Å². The Kier molecular flexibility index (Phi) is 5.12. The van der Waals surface area contributed by atoms with Gasteiger partial charge in [0.15, 0.2) is 5.82 Å². The summed E-state index contributed by atoms with van der Waals surface area (Å²) in [4.78, 5) is 24.8. The van der Waals surface area contributed by atoms with Crippen LogP contribution in [0, 0.1) is 6.92 Å². The first-order valence-electron chi connectivity index (χ1n) is 10.3. The molecule has 3 N–H and O–H groups in total. The predicted molar refractivity (Wildman–Crippen MR) is 124 cm³/mol. The molecule has 1 amide bonds. The van der Waals surface area contributed by atoms with E-state index < -0.39 is 11.5 Å². The average molecular weight is 436 g/mol. The van der Waals surface area contributed by atoms with E-state index >= 15 is 0 Å². The van der Waals surface area contributed by atoms with E-state index in [1.165, 1.54) is 12.4 Å². The molecule has 0 fully saturated rings. The normalized spacial score (nSPS) is 12.9. The van der Waals surface area contributed by atoms with Gasteiger partial charge in [-0.3, -0.25) is 9.78 Å². The summed E-state index contributed by atoms with van der Waals surface area (Å²) in [6.07, 6.45) is 7.94. The van der Waals surface area contributed by atoms with Gasteiger partial charge in [0.25, 0.3) is 5.91 Å². The van der Waals surface area contributed by atoms with Crippen LogP contribution in [0.15, 0.2) is 85.6 Å². The van der Waals surface area contributed by atoms with E-state index in [0.717, 1.165) is 27.6 Å². The second-order valence-electron chi connectivity index (χ2n) is 7.65. The molecular formula is C25H20N6O2. The Hall–Kier alpha value is -4.43. The topological polar surface area (TPSA) is 117 Å². The van der Waals surface area contributed by atoms with Crippen molar-refractivity contribution in [3.8, 4) is 11.1 Å². The van der Waals surface area contributed by atoms with Crippen molar-refractivity contribution >= 4 is 22.5 Å². The number of imidazole rings is 1. The molecule has 0 saturated carbocycles. The molecule has 0 bridgehead atoms. The number of nitrogens with zero attached hydrogens (tertiary/aromatic N) is 4. The van der Waals surface area contributed by atoms with Crippen molar-refractivity contribution in [3.63, 3.8) is 0 Å². The maximum Gasteiger partial charge on any atom is 0.269 e. The molecular weight excluding hydrogens is 416 g/mol. The molecule has 0 aliphatic carbocycles. The van der Waals surface area contributed by atoms with Crippen LogP contribution in [0.5, 0.6) is 0 Å². The van der Waals surface area contributed by atoms with Crippen molar-refractivity contribution in [1.29, 1.82) is 0 Å². The van der Waals surface area contributed by atoms with Crippen molar-refractivity contribution in [2.45, 2.75) is 12.5 Å². The highest BCUT2D eigenvalue weighted by molar-refractivity contribution is 6.01. The molecule has 8 heteroatoms. The zero-order valence-corrected chi connectivity index (χ0v) is 17.7. The number of carbonyl (C=O) groups is 1. The lowest BCUT2D eigenvalue weighted by molar-refractivity contribution is -0.131. The number of aliphatic hydroxyl groups is 1. The monoisotopic (exact) mass is 436 g/mol. The van der Waals surface area contributed by atoms with E-state index in [1.807, 2.05) is 43.3 Å². The molecule has 2 aromatic carbocycles. The third-order valence-corrected chi connectivity index (χ3v) is 5.56. The number of hydrogen-bond acceptors (Lipinski definition) is 6. The summed E-state index contributed by atoms with van der Waals surface area (Å²) >= 11 is 0. The van der Waals surface area contributed by atoms with E-state index in [-0.39, 0.29) is 5.82 Å². The van der Waals surface area contributed by atoms with Crippen molar-refractivity contribution in [1.82, 2.24) is 25.1 Å². The predicted octanol–water partition coefficient (Wildman–Crippen LogP) is 3.60. The SMILES string of the molecule is Cc1ccccc1[C@](O)(C(=O)Nc1cncc(-c2cnnc3ccccc23)c1)c1ncc[nH]1. The van der Waals surface area contributed by atoms with E-state index in [1.54, 1.807) is 36.8 Å². The van der Waals surface area contributed by atoms with Gasteiger partial charge in [0.05, 0.1) is 23.6 Å². The zero-order chi connectivity index (χ0) is 22.8. The summed E-state index contributed by atoms with van der Waals surface area (Å²) in [6.45, 7) is 1.83. The Labute approximate surface area is 189 Å². The molecule has 0 spiro atoms. The highest BCUT2D eigenvalue weighted by atomic mass is 16.3. The quantitative estimate of drug-likeness (QED) is 0.388. The lowest BCUT2D eigenvalue weighted by atomic mass is 9.88. The van der Waals surface area contributed by atoms with Gasteiger partial charge in [0.2, 0.25) is 5.60 Å². The Morgan fingerprint density at radius 2 is 1.88 bits per heavy atom. The minimum atomic E-state index is -2.02. The molecule has 3 aromatic heterocycles. The van der Waals surface area contributed by atoms with Crippen LogP contribution < -0.4 is 5.32 Å². The fourth-order valence-electron chi connectivity index (χ4n) is 3.91. The van der Waals surface area contributed by atoms with Crippen LogP contribution in [-0.4, -0.2) is 36.2 Å². The number of aryl methyl sites for hydroxylation is 1. The van der Waals surface area contributed by atoms with Gasteiger partial charge in [-0.25, -0.2) is 4.98 Å². The van der Waals surface area contributed by atoms with Gasteiger partial charge in [-0.1, -0.05) is 42.5 Å². The van der Waals surface area contributed by atoms with Crippen LogP contribution in [0.25, 0.3) is 22.0 Å². The highest BCUT2D eigenvalue weighted by Crippen LogP contribution is 2.32. The summed E-state index contributed by atoms with van der Waals surface area (Å²) in [5.74, 6) is -0.522. The van der Waals surface area contributed by atoms with Crippen molar-refractivity contribution in [3.05, 3.63) is 103 Å². The number of amides is 1. The molecule has 3 heterocycles. The van der Waals surface area contributed by atoms with Crippen LogP contribution >= 0.6 is 0 Å². The highest BCUT2D eigenvalue weighted by Gasteiger charge is 2.43. The average Bonchev–Trinajstić information content (AvgIpc) is 3.39. The molecule has 0 aliphatic rings. The standard InChI is InChI=1S/C25H20N6O2/c1-16-6-2-4-8-21(16)25(33,23-27-10-11-28-23)24(32)30-18-12-17(13-26-14-18)20-15-29-31-22-9-5-3-7-19(20)22/h2-15,33H,1H3,(H,27,28)(H,30,32)/t25-/m1/s1. The maximum atomic E-state index is 13.5. The molecule has 0 saturated heterocycles. The first-order chi connectivity index (χ1) is 16.1. The maximum absolute atomic E-state index is 13.5. The second kappa shape index (κ2) is 8.25. The van der Waals surface area contributed by atoms with Gasteiger partial charge in [0.1, 0.15) is 0 Å². The van der Waals surface area contributed by atoms with Gasteiger partial charge in [-0.2, -0.15) is 10.2 Å². The number of aromatic nitrogens is 5. The summed E-state index contributed by atoms with van der Waals surface area (Å²) in [5, 5.41) is 23.6. The van der Waals surface area contributed by atoms with Crippen LogP contribution in [0.2, 0.25) is 0 Å². The number of carbonyl (C=O) groups excluding carboxylic acids is 1. The number of fused-ring (bicyclic) bond motifs is 1. The number of rotatable bonds is 5. The number of anilines is 1. The van der Waals surface area contributed by atoms with Crippen molar-refractivity contribution < 1.29 is 9.90 Å². The number of nitrogens with one attached hydrogen (secondary N) is 2. The molecule has 5 aromatic rings. The Morgan fingerprint density at radius 3 is 2.70 bits per heavy atom. The molecule has 5 rings (SSSR count). The Bertz CT molecular complexity index is 1450. The second-order valence-corrected chi connectivity index (χ2v) is 7.65. The van der Waals surface area contributed by atoms with Gasteiger partial charge < -0.3 is 15.4 Å². The van der Waals surface area contributed by atoms with Crippen molar-refractivity contribution in [2.75, 3.05) is 5.32 Å². The first kappa shape index (κ1) is 20.5. The fraction of sp³-hybridized carbons (Fsp3) is 0.0800. The fourth-order valence-corrected chi connectivity index (χ4v) is 3.91. The zero-order valence-electron chi connectivity index (χ0n) is 17.7. The number of H-pyrrole nitrogens is 1. The van der Waals surface area contributed by atoms with E-state index in [2.05, 4.69) is 30.5 Å². The van der Waals surface area contributed by atoms with Crippen LogP contribution in [0.3, 0.4) is 0 Å². The lowest BCUT2D eigenvalue weighted by Crippen LogP contribution is -2.43. The molecule has 33 heavy (non-hydrogen) atoms. The van der Waals surface area contributed by atoms with Gasteiger partial charge in [0, 0.05) is 40.7 Å². The van der Waals surface area contributed by atoms with E-state index in [4.69, 9.17) is 0 Å². The number of pyridine rings is 1. The Balaban J connectivity index is 1.54. The van der Waals surface area contributed by atoms with Gasteiger partial charge >= 0.3 is 0 Å². The summed E-state index contributed by atoms with van der Waals surface area (Å²) < 4.78 is 0.